The molecule has 2 aliphatic heterocycles. The lowest BCUT2D eigenvalue weighted by Crippen LogP contribution is -2.55. The Morgan fingerprint density at radius 2 is 2.03 bits per heavy atom. The Bertz CT molecular complexity index is 1150. The SMILES string of the molecule is Cc1cc(C2CCN(C(=O)N(c3nccc4c(F)ccc(C)c34)C3CCCNC3)CC2)on1. The van der Waals surface area contributed by atoms with Crippen LogP contribution in [-0.2, 0) is 0 Å². The number of piperidine rings is 2. The van der Waals surface area contributed by atoms with Gasteiger partial charge in [0.1, 0.15) is 17.4 Å². The van der Waals surface area contributed by atoms with Gasteiger partial charge in [-0.25, -0.2) is 14.2 Å². The van der Waals surface area contributed by atoms with Crippen LogP contribution in [0.4, 0.5) is 15.0 Å². The van der Waals surface area contributed by atoms with Gasteiger partial charge in [-0.1, -0.05) is 11.2 Å². The number of aryl methyl sites for hydroxylation is 2. The monoisotopic (exact) mass is 451 g/mol. The maximum Gasteiger partial charge on any atom is 0.325 e. The number of benzene rings is 1. The Morgan fingerprint density at radius 3 is 2.73 bits per heavy atom. The quantitative estimate of drug-likeness (QED) is 0.633. The van der Waals surface area contributed by atoms with E-state index in [1.807, 2.05) is 29.7 Å². The molecular formula is C25H30FN5O2. The van der Waals surface area contributed by atoms with Gasteiger partial charge in [0, 0.05) is 48.6 Å². The minimum atomic E-state index is -0.295. The van der Waals surface area contributed by atoms with Crippen molar-refractivity contribution in [2.45, 2.75) is 51.5 Å². The Labute approximate surface area is 192 Å². The minimum Gasteiger partial charge on any atom is -0.361 e. The van der Waals surface area contributed by atoms with Crippen LogP contribution in [0.1, 0.15) is 48.6 Å². The van der Waals surface area contributed by atoms with Crippen molar-refractivity contribution in [2.24, 2.45) is 0 Å². The zero-order chi connectivity index (χ0) is 22.9. The summed E-state index contributed by atoms with van der Waals surface area (Å²) in [6.45, 7) is 6.78. The molecule has 3 aromatic rings. The average molecular weight is 452 g/mol. The number of fused-ring (bicyclic) bond motifs is 1. The normalized spacial score (nSPS) is 19.7. The number of nitrogens with zero attached hydrogens (tertiary/aromatic N) is 4. The van der Waals surface area contributed by atoms with Gasteiger partial charge in [-0.15, -0.1) is 0 Å². The third-order valence-electron chi connectivity index (χ3n) is 6.95. The Morgan fingerprint density at radius 1 is 1.21 bits per heavy atom. The van der Waals surface area contributed by atoms with E-state index < -0.39 is 0 Å². The molecular weight excluding hydrogens is 421 g/mol. The van der Waals surface area contributed by atoms with Crippen LogP contribution in [0.15, 0.2) is 35.0 Å². The highest BCUT2D eigenvalue weighted by molar-refractivity contribution is 6.03. The standard InChI is InChI=1S/C25H30FN5O2/c1-16-5-6-21(26)20-7-11-28-24(23(16)20)31(19-4-3-10-27-15-19)25(32)30-12-8-18(9-13-30)22-14-17(2)29-33-22/h5-7,11,14,18-19,27H,3-4,8-10,12-13,15H2,1-2H3. The number of rotatable bonds is 3. The molecule has 174 valence electrons. The van der Waals surface area contributed by atoms with E-state index in [-0.39, 0.29) is 23.8 Å². The van der Waals surface area contributed by atoms with Crippen molar-refractivity contribution in [1.82, 2.24) is 20.4 Å². The molecule has 1 N–H and O–H groups in total. The van der Waals surface area contributed by atoms with Gasteiger partial charge in [0.05, 0.1) is 11.7 Å². The fraction of sp³-hybridized carbons (Fsp3) is 0.480. The zero-order valence-electron chi connectivity index (χ0n) is 19.2. The summed E-state index contributed by atoms with van der Waals surface area (Å²) in [7, 11) is 0. The Kier molecular flexibility index (Phi) is 6.01. The van der Waals surface area contributed by atoms with Crippen LogP contribution >= 0.6 is 0 Å². The van der Waals surface area contributed by atoms with Crippen LogP contribution < -0.4 is 10.2 Å². The lowest BCUT2D eigenvalue weighted by atomic mass is 9.94. The lowest BCUT2D eigenvalue weighted by Gasteiger charge is -2.40. The molecule has 0 radical (unpaired) electrons. The zero-order valence-corrected chi connectivity index (χ0v) is 19.2. The molecule has 1 unspecified atom stereocenters. The van der Waals surface area contributed by atoms with E-state index in [1.54, 1.807) is 18.3 Å². The van der Waals surface area contributed by atoms with Crippen LogP contribution in [0.5, 0.6) is 0 Å². The fourth-order valence-electron chi connectivity index (χ4n) is 5.15. The number of hydrogen-bond acceptors (Lipinski definition) is 5. The molecule has 0 saturated carbocycles. The first kappa shape index (κ1) is 21.8. The van der Waals surface area contributed by atoms with Crippen LogP contribution in [0, 0.1) is 19.7 Å². The van der Waals surface area contributed by atoms with Gasteiger partial charge in [-0.05, 0) is 63.8 Å². The first-order chi connectivity index (χ1) is 16.0. The summed E-state index contributed by atoms with van der Waals surface area (Å²) >= 11 is 0. The lowest BCUT2D eigenvalue weighted by molar-refractivity contribution is 0.178. The summed E-state index contributed by atoms with van der Waals surface area (Å²) in [6, 6.07) is 6.83. The molecule has 0 spiro atoms. The van der Waals surface area contributed by atoms with Crippen LogP contribution in [0.2, 0.25) is 0 Å². The number of pyridine rings is 1. The minimum absolute atomic E-state index is 0.0262. The van der Waals surface area contributed by atoms with E-state index in [0.29, 0.717) is 36.2 Å². The maximum absolute atomic E-state index is 14.6. The predicted molar refractivity (Wildman–Crippen MR) is 125 cm³/mol. The maximum atomic E-state index is 14.6. The van der Waals surface area contributed by atoms with Gasteiger partial charge >= 0.3 is 6.03 Å². The van der Waals surface area contributed by atoms with Gasteiger partial charge in [-0.2, -0.15) is 0 Å². The largest absolute Gasteiger partial charge is 0.361 e. The van der Waals surface area contributed by atoms with E-state index in [4.69, 9.17) is 4.52 Å². The molecule has 5 rings (SSSR count). The number of halogens is 1. The van der Waals surface area contributed by atoms with Gasteiger partial charge in [0.25, 0.3) is 0 Å². The van der Waals surface area contributed by atoms with Crippen molar-refractivity contribution in [3.63, 3.8) is 0 Å². The molecule has 8 heteroatoms. The van der Waals surface area contributed by atoms with Crippen molar-refractivity contribution in [1.29, 1.82) is 0 Å². The molecule has 4 heterocycles. The fourth-order valence-corrected chi connectivity index (χ4v) is 5.15. The molecule has 0 aliphatic carbocycles. The highest BCUT2D eigenvalue weighted by atomic mass is 19.1. The molecule has 2 aromatic heterocycles. The van der Waals surface area contributed by atoms with Crippen molar-refractivity contribution < 1.29 is 13.7 Å². The number of carbonyl (C=O) groups excluding carboxylic acids is 1. The molecule has 33 heavy (non-hydrogen) atoms. The molecule has 2 aliphatic rings. The summed E-state index contributed by atoms with van der Waals surface area (Å²) in [5.41, 5.74) is 1.79. The molecule has 2 amide bonds. The third kappa shape index (κ3) is 4.19. The summed E-state index contributed by atoms with van der Waals surface area (Å²) < 4.78 is 20.1. The number of amides is 2. The first-order valence-electron chi connectivity index (χ1n) is 11.8. The third-order valence-corrected chi connectivity index (χ3v) is 6.95. The predicted octanol–water partition coefficient (Wildman–Crippen LogP) is 4.54. The van der Waals surface area contributed by atoms with E-state index in [1.165, 1.54) is 6.07 Å². The average Bonchev–Trinajstić information content (AvgIpc) is 3.29. The van der Waals surface area contributed by atoms with E-state index in [0.717, 1.165) is 49.2 Å². The van der Waals surface area contributed by atoms with E-state index in [9.17, 15) is 9.18 Å². The van der Waals surface area contributed by atoms with Crippen molar-refractivity contribution >= 4 is 22.6 Å². The number of nitrogens with one attached hydrogen (secondary N) is 1. The number of urea groups is 1. The van der Waals surface area contributed by atoms with Crippen molar-refractivity contribution in [2.75, 3.05) is 31.1 Å². The highest BCUT2D eigenvalue weighted by Gasteiger charge is 2.35. The van der Waals surface area contributed by atoms with Crippen LogP contribution in [-0.4, -0.2) is 53.3 Å². The van der Waals surface area contributed by atoms with Gasteiger partial charge < -0.3 is 14.7 Å². The van der Waals surface area contributed by atoms with Crippen molar-refractivity contribution in [3.8, 4) is 0 Å². The number of hydrogen-bond donors (Lipinski definition) is 1. The molecule has 1 atom stereocenters. The number of likely N-dealkylation sites (tertiary alicyclic amines) is 1. The summed E-state index contributed by atoms with van der Waals surface area (Å²) in [5.74, 6) is 1.43. The summed E-state index contributed by atoms with van der Waals surface area (Å²) in [6.07, 6.45) is 5.13. The van der Waals surface area contributed by atoms with Crippen LogP contribution in [0.3, 0.4) is 0 Å². The van der Waals surface area contributed by atoms with Gasteiger partial charge in [-0.3, -0.25) is 4.90 Å². The second-order valence-corrected chi connectivity index (χ2v) is 9.21. The molecule has 7 nitrogen and oxygen atoms in total. The second-order valence-electron chi connectivity index (χ2n) is 9.21. The van der Waals surface area contributed by atoms with Gasteiger partial charge in [0.2, 0.25) is 0 Å². The smallest absolute Gasteiger partial charge is 0.325 e. The molecule has 2 fully saturated rings. The van der Waals surface area contributed by atoms with Gasteiger partial charge in [0.15, 0.2) is 0 Å². The highest BCUT2D eigenvalue weighted by Crippen LogP contribution is 2.34. The topological polar surface area (TPSA) is 74.5 Å². The Balaban J connectivity index is 1.46. The Hall–Kier alpha value is -3.00. The van der Waals surface area contributed by atoms with E-state index >= 15 is 0 Å². The number of aromatic nitrogens is 2. The number of anilines is 1. The number of carbonyl (C=O) groups is 1. The van der Waals surface area contributed by atoms with E-state index in [2.05, 4.69) is 15.5 Å². The summed E-state index contributed by atoms with van der Waals surface area (Å²) in [5, 5.41) is 8.64. The second kappa shape index (κ2) is 9.09. The molecule has 0 bridgehead atoms. The first-order valence-corrected chi connectivity index (χ1v) is 11.8. The van der Waals surface area contributed by atoms with Crippen LogP contribution in [0.25, 0.3) is 10.8 Å². The molecule has 1 aromatic carbocycles. The summed E-state index contributed by atoms with van der Waals surface area (Å²) in [4.78, 5) is 22.3. The molecule has 2 saturated heterocycles. The van der Waals surface area contributed by atoms with Crippen molar-refractivity contribution in [3.05, 3.63) is 53.3 Å².